The Balaban J connectivity index is 2.59. The van der Waals surface area contributed by atoms with E-state index in [9.17, 15) is 0 Å². The van der Waals surface area contributed by atoms with Crippen LogP contribution < -0.4 is 0 Å². The highest BCUT2D eigenvalue weighted by Gasteiger charge is 2.15. The van der Waals surface area contributed by atoms with Crippen molar-refractivity contribution in [2.45, 2.75) is 6.61 Å². The van der Waals surface area contributed by atoms with Crippen molar-refractivity contribution in [2.24, 2.45) is 0 Å². The van der Waals surface area contributed by atoms with E-state index in [1.807, 2.05) is 6.07 Å². The van der Waals surface area contributed by atoms with Gasteiger partial charge in [-0.2, -0.15) is 0 Å². The van der Waals surface area contributed by atoms with Crippen molar-refractivity contribution >= 4 is 17.2 Å². The van der Waals surface area contributed by atoms with Gasteiger partial charge in [-0.15, -0.1) is 0 Å². The van der Waals surface area contributed by atoms with Crippen molar-refractivity contribution in [3.63, 3.8) is 0 Å². The molecule has 0 unspecified atom stereocenters. The minimum absolute atomic E-state index is 0.522. The number of halogens is 1. The van der Waals surface area contributed by atoms with E-state index in [0.29, 0.717) is 18.4 Å². The predicted molar refractivity (Wildman–Crippen MR) is 47.9 cm³/mol. The molecule has 0 aliphatic carbocycles. The van der Waals surface area contributed by atoms with Crippen LogP contribution >= 0.6 is 11.6 Å². The average Bonchev–Trinajstić information content (AvgIpc) is 2.07. The summed E-state index contributed by atoms with van der Waals surface area (Å²) in [5.74, 6) is 0. The first kappa shape index (κ1) is 7.77. The third-order valence-electron chi connectivity index (χ3n) is 1.91. The Morgan fingerprint density at radius 1 is 1.50 bits per heavy atom. The van der Waals surface area contributed by atoms with Crippen molar-refractivity contribution in [3.05, 3.63) is 35.1 Å². The van der Waals surface area contributed by atoms with Gasteiger partial charge in [-0.05, 0) is 17.2 Å². The van der Waals surface area contributed by atoms with Gasteiger partial charge in [0.15, 0.2) is 0 Å². The Morgan fingerprint density at radius 3 is 3.08 bits per heavy atom. The third kappa shape index (κ3) is 1.13. The minimum atomic E-state index is 0.522. The highest BCUT2D eigenvalue weighted by Crippen LogP contribution is 2.27. The fourth-order valence-electron chi connectivity index (χ4n) is 1.29. The van der Waals surface area contributed by atoms with Crippen LogP contribution in [0.5, 0.6) is 0 Å². The molecule has 2 rings (SSSR count). The van der Waals surface area contributed by atoms with Crippen molar-refractivity contribution < 1.29 is 4.74 Å². The molecule has 0 amide bonds. The van der Waals surface area contributed by atoms with Gasteiger partial charge in [0.1, 0.15) is 5.15 Å². The molecule has 12 heavy (non-hydrogen) atoms. The highest BCUT2D eigenvalue weighted by molar-refractivity contribution is 6.30. The lowest BCUT2D eigenvalue weighted by atomic mass is 10.0. The highest BCUT2D eigenvalue weighted by atomic mass is 35.5. The quantitative estimate of drug-likeness (QED) is 0.573. The number of pyridine rings is 1. The SMILES string of the molecule is C=C1COCc2c1ccnc2Cl. The normalized spacial score (nSPS) is 15.9. The second-order valence-corrected chi connectivity index (χ2v) is 3.08. The molecule has 0 saturated heterocycles. The molecule has 1 aromatic heterocycles. The zero-order valence-corrected chi connectivity index (χ0v) is 7.27. The van der Waals surface area contributed by atoms with E-state index in [1.54, 1.807) is 6.20 Å². The first-order chi connectivity index (χ1) is 5.79. The molecule has 1 aliphatic heterocycles. The maximum absolute atomic E-state index is 5.88. The summed E-state index contributed by atoms with van der Waals surface area (Å²) in [7, 11) is 0. The van der Waals surface area contributed by atoms with Crippen molar-refractivity contribution in [1.29, 1.82) is 0 Å². The topological polar surface area (TPSA) is 22.1 Å². The third-order valence-corrected chi connectivity index (χ3v) is 2.23. The molecule has 3 heteroatoms. The van der Waals surface area contributed by atoms with Crippen LogP contribution in [-0.4, -0.2) is 11.6 Å². The Morgan fingerprint density at radius 2 is 2.33 bits per heavy atom. The first-order valence-electron chi connectivity index (χ1n) is 3.68. The van der Waals surface area contributed by atoms with Gasteiger partial charge < -0.3 is 4.74 Å². The lowest BCUT2D eigenvalue weighted by Crippen LogP contribution is -2.09. The van der Waals surface area contributed by atoms with Gasteiger partial charge in [-0.3, -0.25) is 0 Å². The van der Waals surface area contributed by atoms with E-state index in [0.717, 1.165) is 16.7 Å². The molecule has 0 N–H and O–H groups in total. The number of hydrogen-bond donors (Lipinski definition) is 0. The van der Waals surface area contributed by atoms with Gasteiger partial charge in [0.2, 0.25) is 0 Å². The Hall–Kier alpha value is -0.860. The first-order valence-corrected chi connectivity index (χ1v) is 4.06. The van der Waals surface area contributed by atoms with Gasteiger partial charge in [0, 0.05) is 11.8 Å². The summed E-state index contributed by atoms with van der Waals surface area (Å²) < 4.78 is 5.27. The van der Waals surface area contributed by atoms with Gasteiger partial charge in [0.05, 0.1) is 13.2 Å². The van der Waals surface area contributed by atoms with E-state index in [2.05, 4.69) is 11.6 Å². The van der Waals surface area contributed by atoms with Crippen LogP contribution in [0, 0.1) is 0 Å². The molecule has 0 bridgehead atoms. The van der Waals surface area contributed by atoms with Gasteiger partial charge in [-0.25, -0.2) is 4.98 Å². The summed E-state index contributed by atoms with van der Waals surface area (Å²) >= 11 is 5.88. The molecule has 0 radical (unpaired) electrons. The van der Waals surface area contributed by atoms with Crippen LogP contribution in [0.1, 0.15) is 11.1 Å². The van der Waals surface area contributed by atoms with Crippen LogP contribution in [0.2, 0.25) is 5.15 Å². The van der Waals surface area contributed by atoms with Crippen LogP contribution in [0.3, 0.4) is 0 Å². The average molecular weight is 182 g/mol. The summed E-state index contributed by atoms with van der Waals surface area (Å²) in [4.78, 5) is 3.97. The molecule has 0 aromatic carbocycles. The van der Waals surface area contributed by atoms with E-state index in [-0.39, 0.29) is 0 Å². The fraction of sp³-hybridized carbons (Fsp3) is 0.222. The smallest absolute Gasteiger partial charge is 0.135 e. The summed E-state index contributed by atoms with van der Waals surface area (Å²) in [6, 6.07) is 1.92. The number of fused-ring (bicyclic) bond motifs is 1. The molecule has 2 nitrogen and oxygen atoms in total. The molecule has 2 heterocycles. The van der Waals surface area contributed by atoms with Crippen LogP contribution in [0.25, 0.3) is 5.57 Å². The molecule has 0 fully saturated rings. The second-order valence-electron chi connectivity index (χ2n) is 2.72. The fourth-order valence-corrected chi connectivity index (χ4v) is 1.50. The molecule has 0 saturated carbocycles. The van der Waals surface area contributed by atoms with Crippen molar-refractivity contribution in [1.82, 2.24) is 4.98 Å². The summed E-state index contributed by atoms with van der Waals surface area (Å²) in [5, 5.41) is 0.522. The van der Waals surface area contributed by atoms with E-state index in [1.165, 1.54) is 0 Å². The maximum atomic E-state index is 5.88. The van der Waals surface area contributed by atoms with Crippen LogP contribution in [0.15, 0.2) is 18.8 Å². The number of nitrogens with zero attached hydrogens (tertiary/aromatic N) is 1. The van der Waals surface area contributed by atoms with Crippen LogP contribution in [0.4, 0.5) is 0 Å². The van der Waals surface area contributed by atoms with Gasteiger partial charge in [0.25, 0.3) is 0 Å². The Labute approximate surface area is 75.8 Å². The Bertz CT molecular complexity index is 335. The van der Waals surface area contributed by atoms with E-state index >= 15 is 0 Å². The van der Waals surface area contributed by atoms with Gasteiger partial charge >= 0.3 is 0 Å². The number of rotatable bonds is 0. The van der Waals surface area contributed by atoms with Crippen LogP contribution in [-0.2, 0) is 11.3 Å². The molecular formula is C9H8ClNO. The predicted octanol–water partition coefficient (Wildman–Crippen LogP) is 2.28. The summed E-state index contributed by atoms with van der Waals surface area (Å²) in [6.07, 6.45) is 1.69. The Kier molecular flexibility index (Phi) is 1.87. The maximum Gasteiger partial charge on any atom is 0.135 e. The standard InChI is InChI=1S/C9H8ClNO/c1-6-4-12-5-8-7(6)2-3-11-9(8)10/h2-3H,1,4-5H2. The molecule has 62 valence electrons. The molecule has 1 aliphatic rings. The molecule has 1 aromatic rings. The van der Waals surface area contributed by atoms with Gasteiger partial charge in [-0.1, -0.05) is 18.2 Å². The minimum Gasteiger partial charge on any atom is -0.372 e. The molecular weight excluding hydrogens is 174 g/mol. The molecule has 0 atom stereocenters. The second kappa shape index (κ2) is 2.88. The summed E-state index contributed by atoms with van der Waals surface area (Å²) in [6.45, 7) is 5.02. The van der Waals surface area contributed by atoms with Crippen molar-refractivity contribution in [2.75, 3.05) is 6.61 Å². The van der Waals surface area contributed by atoms with E-state index < -0.39 is 0 Å². The van der Waals surface area contributed by atoms with Crippen molar-refractivity contribution in [3.8, 4) is 0 Å². The lowest BCUT2D eigenvalue weighted by Gasteiger charge is -2.18. The lowest BCUT2D eigenvalue weighted by molar-refractivity contribution is 0.146. The monoisotopic (exact) mass is 181 g/mol. The molecule has 0 spiro atoms. The number of aromatic nitrogens is 1. The zero-order chi connectivity index (χ0) is 8.55. The van der Waals surface area contributed by atoms with E-state index in [4.69, 9.17) is 16.3 Å². The number of ether oxygens (including phenoxy) is 1. The summed E-state index contributed by atoms with van der Waals surface area (Å²) in [5.41, 5.74) is 3.01. The largest absolute Gasteiger partial charge is 0.372 e. The number of hydrogen-bond acceptors (Lipinski definition) is 2. The zero-order valence-electron chi connectivity index (χ0n) is 6.51.